The lowest BCUT2D eigenvalue weighted by molar-refractivity contribution is -0.152. The maximum atomic E-state index is 12.1. The molecule has 0 aromatic heterocycles. The minimum atomic E-state index is -0.549. The monoisotopic (exact) mass is 276 g/mol. The van der Waals surface area contributed by atoms with Crippen molar-refractivity contribution in [1.82, 2.24) is 10.6 Å². The van der Waals surface area contributed by atoms with Crippen LogP contribution in [-0.2, 0) is 20.9 Å². The summed E-state index contributed by atoms with van der Waals surface area (Å²) < 4.78 is 5.31. The second kappa shape index (κ2) is 7.05. The molecule has 5 heteroatoms. The number of benzene rings is 1. The average molecular weight is 276 g/mol. The van der Waals surface area contributed by atoms with Gasteiger partial charge in [0.2, 0.25) is 5.91 Å². The molecule has 1 aromatic carbocycles. The summed E-state index contributed by atoms with van der Waals surface area (Å²) in [6.45, 7) is 0.969. The van der Waals surface area contributed by atoms with Gasteiger partial charge in [-0.3, -0.25) is 9.59 Å². The third-order valence-electron chi connectivity index (χ3n) is 3.52. The average Bonchev–Trinajstić information content (AvgIpc) is 2.52. The molecule has 1 aromatic rings. The fourth-order valence-electron chi connectivity index (χ4n) is 2.42. The number of piperidine rings is 1. The summed E-state index contributed by atoms with van der Waals surface area (Å²) in [5, 5.41) is 5.69. The Morgan fingerprint density at radius 1 is 1.35 bits per heavy atom. The first kappa shape index (κ1) is 14.5. The number of carbonyl (C=O) groups excluding carboxylic acids is 2. The minimum absolute atomic E-state index is 0.112. The van der Waals surface area contributed by atoms with Crippen LogP contribution in [-0.4, -0.2) is 31.5 Å². The van der Waals surface area contributed by atoms with Crippen molar-refractivity contribution >= 4 is 11.9 Å². The highest BCUT2D eigenvalue weighted by atomic mass is 16.5. The van der Waals surface area contributed by atoms with Crippen LogP contribution in [0.3, 0.4) is 0 Å². The molecule has 0 aliphatic carbocycles. The van der Waals surface area contributed by atoms with Crippen molar-refractivity contribution in [3.05, 3.63) is 35.9 Å². The van der Waals surface area contributed by atoms with E-state index in [9.17, 15) is 9.59 Å². The third-order valence-corrected chi connectivity index (χ3v) is 3.52. The van der Waals surface area contributed by atoms with Gasteiger partial charge in [0.25, 0.3) is 0 Å². The van der Waals surface area contributed by atoms with Crippen molar-refractivity contribution in [3.8, 4) is 0 Å². The van der Waals surface area contributed by atoms with Crippen LogP contribution in [0.1, 0.15) is 18.4 Å². The predicted molar refractivity (Wildman–Crippen MR) is 74.8 cm³/mol. The van der Waals surface area contributed by atoms with Crippen molar-refractivity contribution < 1.29 is 14.3 Å². The van der Waals surface area contributed by atoms with E-state index in [1.807, 2.05) is 30.3 Å². The Morgan fingerprint density at radius 3 is 2.80 bits per heavy atom. The Bertz CT molecular complexity index is 461. The largest absolute Gasteiger partial charge is 0.460 e. The standard InChI is InChI=1S/C15H20N2O3/c1-16-14(18)12-8-5-9-17-13(12)15(19)20-10-11-6-3-2-4-7-11/h2-4,6-7,12-13,17H,5,8-10H2,1H3,(H,16,18)/t12-,13?/m0/s1. The SMILES string of the molecule is CNC(=O)[C@H]1CCCNC1C(=O)OCc1ccccc1. The number of nitrogens with one attached hydrogen (secondary N) is 2. The summed E-state index contributed by atoms with van der Waals surface area (Å²) in [5.41, 5.74) is 0.938. The number of hydrogen-bond donors (Lipinski definition) is 2. The van der Waals surface area contributed by atoms with Gasteiger partial charge in [0.15, 0.2) is 0 Å². The van der Waals surface area contributed by atoms with Gasteiger partial charge < -0.3 is 15.4 Å². The zero-order chi connectivity index (χ0) is 14.4. The van der Waals surface area contributed by atoms with E-state index >= 15 is 0 Å². The molecule has 0 bridgehead atoms. The van der Waals surface area contributed by atoms with Crippen molar-refractivity contribution in [3.63, 3.8) is 0 Å². The fourth-order valence-corrected chi connectivity index (χ4v) is 2.42. The smallest absolute Gasteiger partial charge is 0.324 e. The van der Waals surface area contributed by atoms with Gasteiger partial charge in [-0.1, -0.05) is 30.3 Å². The molecular weight excluding hydrogens is 256 g/mol. The van der Waals surface area contributed by atoms with E-state index in [1.165, 1.54) is 0 Å². The van der Waals surface area contributed by atoms with E-state index in [1.54, 1.807) is 7.05 Å². The van der Waals surface area contributed by atoms with Gasteiger partial charge in [0.1, 0.15) is 12.6 Å². The zero-order valence-corrected chi connectivity index (χ0v) is 11.6. The maximum Gasteiger partial charge on any atom is 0.324 e. The van der Waals surface area contributed by atoms with Gasteiger partial charge >= 0.3 is 5.97 Å². The predicted octanol–water partition coefficient (Wildman–Crippen LogP) is 0.844. The highest BCUT2D eigenvalue weighted by Gasteiger charge is 2.36. The summed E-state index contributed by atoms with van der Waals surface area (Å²) in [6.07, 6.45) is 1.60. The second-order valence-corrected chi connectivity index (χ2v) is 4.89. The van der Waals surface area contributed by atoms with Gasteiger partial charge in [-0.05, 0) is 24.9 Å². The maximum absolute atomic E-state index is 12.1. The molecule has 1 fully saturated rings. The summed E-state index contributed by atoms with van der Waals surface area (Å²) in [7, 11) is 1.59. The second-order valence-electron chi connectivity index (χ2n) is 4.89. The molecule has 2 atom stereocenters. The highest BCUT2D eigenvalue weighted by Crippen LogP contribution is 2.18. The number of carbonyl (C=O) groups is 2. The van der Waals surface area contributed by atoms with Gasteiger partial charge in [0, 0.05) is 7.05 Å². The van der Waals surface area contributed by atoms with Crippen molar-refractivity contribution in [2.75, 3.05) is 13.6 Å². The van der Waals surface area contributed by atoms with E-state index in [2.05, 4.69) is 10.6 Å². The quantitative estimate of drug-likeness (QED) is 0.800. The van der Waals surface area contributed by atoms with Gasteiger partial charge in [-0.25, -0.2) is 0 Å². The topological polar surface area (TPSA) is 67.4 Å². The molecule has 1 aliphatic rings. The summed E-state index contributed by atoms with van der Waals surface area (Å²) in [4.78, 5) is 23.9. The van der Waals surface area contributed by atoms with Crippen molar-refractivity contribution in [2.45, 2.75) is 25.5 Å². The number of esters is 1. The van der Waals surface area contributed by atoms with E-state index in [4.69, 9.17) is 4.74 Å². The van der Waals surface area contributed by atoms with Crippen LogP contribution in [0, 0.1) is 5.92 Å². The van der Waals surface area contributed by atoms with Gasteiger partial charge in [-0.2, -0.15) is 0 Å². The van der Waals surface area contributed by atoms with Gasteiger partial charge in [-0.15, -0.1) is 0 Å². The number of ether oxygens (including phenoxy) is 1. The number of hydrogen-bond acceptors (Lipinski definition) is 4. The highest BCUT2D eigenvalue weighted by molar-refractivity contribution is 5.87. The van der Waals surface area contributed by atoms with E-state index in [-0.39, 0.29) is 24.4 Å². The lowest BCUT2D eigenvalue weighted by Gasteiger charge is -2.29. The van der Waals surface area contributed by atoms with Crippen LogP contribution in [0.2, 0.25) is 0 Å². The first-order valence-electron chi connectivity index (χ1n) is 6.88. The van der Waals surface area contributed by atoms with E-state index < -0.39 is 6.04 Å². The van der Waals surface area contributed by atoms with E-state index in [0.717, 1.165) is 18.5 Å². The first-order chi connectivity index (χ1) is 9.72. The molecule has 0 radical (unpaired) electrons. The molecule has 2 N–H and O–H groups in total. The number of rotatable bonds is 4. The Labute approximate surface area is 118 Å². The van der Waals surface area contributed by atoms with E-state index in [0.29, 0.717) is 6.42 Å². The van der Waals surface area contributed by atoms with Crippen molar-refractivity contribution in [2.24, 2.45) is 5.92 Å². The van der Waals surface area contributed by atoms with Crippen LogP contribution < -0.4 is 10.6 Å². The molecule has 20 heavy (non-hydrogen) atoms. The molecular formula is C15H20N2O3. The van der Waals surface area contributed by atoms with Gasteiger partial charge in [0.05, 0.1) is 5.92 Å². The Balaban J connectivity index is 1.94. The molecule has 1 amide bonds. The minimum Gasteiger partial charge on any atom is -0.460 e. The van der Waals surface area contributed by atoms with Crippen LogP contribution in [0.4, 0.5) is 0 Å². The van der Waals surface area contributed by atoms with Crippen molar-refractivity contribution in [1.29, 1.82) is 0 Å². The molecule has 2 rings (SSSR count). The lowest BCUT2D eigenvalue weighted by atomic mass is 9.90. The first-order valence-corrected chi connectivity index (χ1v) is 6.88. The Morgan fingerprint density at radius 2 is 2.10 bits per heavy atom. The molecule has 1 heterocycles. The zero-order valence-electron chi connectivity index (χ0n) is 11.6. The van der Waals surface area contributed by atoms with Crippen LogP contribution in [0.5, 0.6) is 0 Å². The normalized spacial score (nSPS) is 22.1. The summed E-state index contributed by atoms with van der Waals surface area (Å²) >= 11 is 0. The molecule has 1 aliphatic heterocycles. The van der Waals surface area contributed by atoms with Crippen LogP contribution in [0.15, 0.2) is 30.3 Å². The van der Waals surface area contributed by atoms with Crippen LogP contribution in [0.25, 0.3) is 0 Å². The van der Waals surface area contributed by atoms with Crippen LogP contribution >= 0.6 is 0 Å². The Hall–Kier alpha value is -1.88. The summed E-state index contributed by atoms with van der Waals surface area (Å²) in [6, 6.07) is 8.96. The molecule has 108 valence electrons. The summed E-state index contributed by atoms with van der Waals surface area (Å²) in [5.74, 6) is -0.821. The number of amides is 1. The molecule has 5 nitrogen and oxygen atoms in total. The molecule has 0 saturated carbocycles. The molecule has 1 saturated heterocycles. The fraction of sp³-hybridized carbons (Fsp3) is 0.467. The molecule has 0 spiro atoms. The Kier molecular flexibility index (Phi) is 5.12. The molecule has 1 unspecified atom stereocenters. The lowest BCUT2D eigenvalue weighted by Crippen LogP contribution is -2.52. The third kappa shape index (κ3) is 3.57.